The second kappa shape index (κ2) is 6.10. The molecule has 3 heteroatoms. The standard InChI is InChI=1S/C15H23NO2/c1-11(2)6-5-7-12(16)15-10-17-13-8-3-4-9-14(13)18-15/h3-4,8-9,11-12,15H,5-7,10,16H2,1-2H3. The summed E-state index contributed by atoms with van der Waals surface area (Å²) >= 11 is 0. The Morgan fingerprint density at radius 1 is 1.22 bits per heavy atom. The minimum absolute atomic E-state index is 0.0212. The molecule has 3 nitrogen and oxygen atoms in total. The molecule has 18 heavy (non-hydrogen) atoms. The van der Waals surface area contributed by atoms with Gasteiger partial charge in [-0.05, 0) is 24.5 Å². The Morgan fingerprint density at radius 2 is 1.94 bits per heavy atom. The SMILES string of the molecule is CC(C)CCCC(N)C1COc2ccccc2O1. The van der Waals surface area contributed by atoms with Crippen molar-refractivity contribution in [1.82, 2.24) is 0 Å². The van der Waals surface area contributed by atoms with E-state index in [2.05, 4.69) is 13.8 Å². The van der Waals surface area contributed by atoms with Crippen molar-refractivity contribution in [2.75, 3.05) is 6.61 Å². The van der Waals surface area contributed by atoms with Crippen molar-refractivity contribution in [2.24, 2.45) is 11.7 Å². The molecule has 1 aliphatic heterocycles. The molecular formula is C15H23NO2. The molecule has 2 rings (SSSR count). The number of benzene rings is 1. The molecule has 0 saturated carbocycles. The van der Waals surface area contributed by atoms with Gasteiger partial charge in [-0.3, -0.25) is 0 Å². The fourth-order valence-electron chi connectivity index (χ4n) is 2.19. The Balaban J connectivity index is 1.84. The van der Waals surface area contributed by atoms with Gasteiger partial charge in [0, 0.05) is 6.04 Å². The lowest BCUT2D eigenvalue weighted by Gasteiger charge is -2.30. The molecule has 2 N–H and O–H groups in total. The van der Waals surface area contributed by atoms with Crippen LogP contribution in [0.4, 0.5) is 0 Å². The van der Waals surface area contributed by atoms with E-state index in [1.165, 1.54) is 6.42 Å². The van der Waals surface area contributed by atoms with Crippen molar-refractivity contribution in [3.05, 3.63) is 24.3 Å². The van der Waals surface area contributed by atoms with E-state index in [9.17, 15) is 0 Å². The van der Waals surface area contributed by atoms with Crippen molar-refractivity contribution >= 4 is 0 Å². The predicted octanol–water partition coefficient (Wildman–Crippen LogP) is 2.98. The van der Waals surface area contributed by atoms with E-state index in [-0.39, 0.29) is 12.1 Å². The lowest BCUT2D eigenvalue weighted by atomic mass is 10.0. The van der Waals surface area contributed by atoms with E-state index in [1.807, 2.05) is 24.3 Å². The summed E-state index contributed by atoms with van der Waals surface area (Å²) in [6.45, 7) is 5.03. The van der Waals surface area contributed by atoms with Crippen LogP contribution in [0.5, 0.6) is 11.5 Å². The second-order valence-electron chi connectivity index (χ2n) is 5.40. The molecule has 2 unspecified atom stereocenters. The molecule has 0 fully saturated rings. The van der Waals surface area contributed by atoms with Crippen LogP contribution in [0.3, 0.4) is 0 Å². The Morgan fingerprint density at radius 3 is 2.67 bits per heavy atom. The maximum Gasteiger partial charge on any atom is 0.161 e. The maximum absolute atomic E-state index is 6.19. The van der Waals surface area contributed by atoms with E-state index in [4.69, 9.17) is 15.2 Å². The average molecular weight is 249 g/mol. The second-order valence-corrected chi connectivity index (χ2v) is 5.40. The van der Waals surface area contributed by atoms with Gasteiger partial charge in [0.25, 0.3) is 0 Å². The minimum atomic E-state index is -0.0212. The first kappa shape index (κ1) is 13.2. The molecule has 1 aromatic carbocycles. The molecule has 1 heterocycles. The fourth-order valence-corrected chi connectivity index (χ4v) is 2.19. The summed E-state index contributed by atoms with van der Waals surface area (Å²) in [5.41, 5.74) is 6.19. The highest BCUT2D eigenvalue weighted by atomic mass is 16.6. The quantitative estimate of drug-likeness (QED) is 0.872. The number of nitrogens with two attached hydrogens (primary N) is 1. The van der Waals surface area contributed by atoms with Crippen LogP contribution in [0.15, 0.2) is 24.3 Å². The van der Waals surface area contributed by atoms with Crippen molar-refractivity contribution in [3.8, 4) is 11.5 Å². The van der Waals surface area contributed by atoms with E-state index in [1.54, 1.807) is 0 Å². The van der Waals surface area contributed by atoms with E-state index in [0.29, 0.717) is 6.61 Å². The van der Waals surface area contributed by atoms with E-state index < -0.39 is 0 Å². The van der Waals surface area contributed by atoms with Crippen molar-refractivity contribution < 1.29 is 9.47 Å². The number of ether oxygens (including phenoxy) is 2. The lowest BCUT2D eigenvalue weighted by Crippen LogP contribution is -2.44. The molecule has 2 atom stereocenters. The summed E-state index contributed by atoms with van der Waals surface area (Å²) in [6.07, 6.45) is 3.35. The first-order valence-electron chi connectivity index (χ1n) is 6.81. The third-order valence-corrected chi connectivity index (χ3v) is 3.33. The van der Waals surface area contributed by atoms with Crippen LogP contribution in [0, 0.1) is 5.92 Å². The van der Waals surface area contributed by atoms with Crippen LogP contribution in [0.1, 0.15) is 33.1 Å². The lowest BCUT2D eigenvalue weighted by molar-refractivity contribution is 0.0692. The summed E-state index contributed by atoms with van der Waals surface area (Å²) in [5, 5.41) is 0. The monoisotopic (exact) mass is 249 g/mol. The molecule has 0 saturated heterocycles. The van der Waals surface area contributed by atoms with Crippen LogP contribution >= 0.6 is 0 Å². The van der Waals surface area contributed by atoms with Gasteiger partial charge in [0.2, 0.25) is 0 Å². The number of rotatable bonds is 5. The van der Waals surface area contributed by atoms with Gasteiger partial charge in [-0.2, -0.15) is 0 Å². The highest BCUT2D eigenvalue weighted by Crippen LogP contribution is 2.31. The van der Waals surface area contributed by atoms with Crippen LogP contribution < -0.4 is 15.2 Å². The molecule has 0 bridgehead atoms. The third-order valence-electron chi connectivity index (χ3n) is 3.33. The van der Waals surface area contributed by atoms with Crippen LogP contribution in [0.2, 0.25) is 0 Å². The zero-order chi connectivity index (χ0) is 13.0. The molecule has 0 spiro atoms. The molecule has 0 aromatic heterocycles. The minimum Gasteiger partial charge on any atom is -0.486 e. The Bertz CT molecular complexity index is 379. The van der Waals surface area contributed by atoms with Crippen molar-refractivity contribution in [1.29, 1.82) is 0 Å². The van der Waals surface area contributed by atoms with Gasteiger partial charge in [0.1, 0.15) is 12.7 Å². The Labute approximate surface area is 109 Å². The van der Waals surface area contributed by atoms with Gasteiger partial charge >= 0.3 is 0 Å². The van der Waals surface area contributed by atoms with Crippen LogP contribution in [0.25, 0.3) is 0 Å². The summed E-state index contributed by atoms with van der Waals surface area (Å²) in [7, 11) is 0. The smallest absolute Gasteiger partial charge is 0.161 e. The van der Waals surface area contributed by atoms with Crippen LogP contribution in [-0.2, 0) is 0 Å². The summed E-state index contributed by atoms with van der Waals surface area (Å²) in [4.78, 5) is 0. The fraction of sp³-hybridized carbons (Fsp3) is 0.600. The maximum atomic E-state index is 6.19. The molecule has 1 aromatic rings. The zero-order valence-electron chi connectivity index (χ0n) is 11.3. The summed E-state index contributed by atoms with van der Waals surface area (Å²) < 4.78 is 11.6. The molecule has 0 aliphatic carbocycles. The van der Waals surface area contributed by atoms with Gasteiger partial charge < -0.3 is 15.2 Å². The van der Waals surface area contributed by atoms with Gasteiger partial charge in [-0.1, -0.05) is 38.8 Å². The van der Waals surface area contributed by atoms with Crippen molar-refractivity contribution in [2.45, 2.75) is 45.3 Å². The summed E-state index contributed by atoms with van der Waals surface area (Å²) in [6, 6.07) is 7.81. The highest BCUT2D eigenvalue weighted by molar-refractivity contribution is 5.40. The van der Waals surface area contributed by atoms with Crippen molar-refractivity contribution in [3.63, 3.8) is 0 Å². The first-order valence-corrected chi connectivity index (χ1v) is 6.81. The Kier molecular flexibility index (Phi) is 4.48. The zero-order valence-corrected chi connectivity index (χ0v) is 11.3. The largest absolute Gasteiger partial charge is 0.486 e. The highest BCUT2D eigenvalue weighted by Gasteiger charge is 2.25. The third kappa shape index (κ3) is 3.39. The number of fused-ring (bicyclic) bond motifs is 1. The van der Waals surface area contributed by atoms with Crippen LogP contribution in [-0.4, -0.2) is 18.8 Å². The van der Waals surface area contributed by atoms with Gasteiger partial charge in [0.05, 0.1) is 0 Å². The Hall–Kier alpha value is -1.22. The summed E-state index contributed by atoms with van der Waals surface area (Å²) in [5.74, 6) is 2.37. The van der Waals surface area contributed by atoms with E-state index >= 15 is 0 Å². The molecule has 100 valence electrons. The molecule has 0 radical (unpaired) electrons. The van der Waals surface area contributed by atoms with Gasteiger partial charge in [0.15, 0.2) is 11.5 Å². The normalized spacial score (nSPS) is 19.9. The number of hydrogen-bond donors (Lipinski definition) is 1. The average Bonchev–Trinajstić information content (AvgIpc) is 2.37. The van der Waals surface area contributed by atoms with Gasteiger partial charge in [-0.15, -0.1) is 0 Å². The first-order chi connectivity index (χ1) is 8.66. The topological polar surface area (TPSA) is 44.5 Å². The number of para-hydroxylation sites is 2. The molecular weight excluding hydrogens is 226 g/mol. The number of hydrogen-bond acceptors (Lipinski definition) is 3. The molecule has 1 aliphatic rings. The predicted molar refractivity (Wildman–Crippen MR) is 73.0 cm³/mol. The van der Waals surface area contributed by atoms with E-state index in [0.717, 1.165) is 30.3 Å². The van der Waals surface area contributed by atoms with Gasteiger partial charge in [-0.25, -0.2) is 0 Å². The molecule has 0 amide bonds.